The number of nitrogens with two attached hydrogens (primary N) is 1. The molecule has 0 saturated heterocycles. The van der Waals surface area contributed by atoms with Crippen LogP contribution in [0.15, 0.2) is 41.2 Å². The summed E-state index contributed by atoms with van der Waals surface area (Å²) in [5.74, 6) is -0.318. The highest BCUT2D eigenvalue weighted by molar-refractivity contribution is 5.92. The fourth-order valence-corrected chi connectivity index (χ4v) is 6.04. The van der Waals surface area contributed by atoms with Crippen molar-refractivity contribution in [1.29, 1.82) is 0 Å². The average Bonchev–Trinajstić information content (AvgIpc) is 3.47. The van der Waals surface area contributed by atoms with E-state index < -0.39 is 12.2 Å². The molecule has 1 aliphatic carbocycles. The first-order valence-corrected chi connectivity index (χ1v) is 15.9. The van der Waals surface area contributed by atoms with Gasteiger partial charge in [0.15, 0.2) is 6.29 Å². The number of aromatic nitrogens is 2. The first-order chi connectivity index (χ1) is 23.1. The van der Waals surface area contributed by atoms with Crippen molar-refractivity contribution in [3.05, 3.63) is 91.5 Å². The monoisotopic (exact) mass is 660 g/mol. The lowest BCUT2D eigenvalue weighted by Crippen LogP contribution is -2.26. The van der Waals surface area contributed by atoms with Crippen molar-refractivity contribution in [3.8, 4) is 11.4 Å². The zero-order chi connectivity index (χ0) is 35.1. The van der Waals surface area contributed by atoms with E-state index in [1.165, 1.54) is 13.2 Å². The summed E-state index contributed by atoms with van der Waals surface area (Å²) in [5, 5.41) is 13.9. The second kappa shape index (κ2) is 15.8. The topological polar surface area (TPSA) is 163 Å². The van der Waals surface area contributed by atoms with Gasteiger partial charge in [-0.1, -0.05) is 32.9 Å². The third kappa shape index (κ3) is 7.29. The molecule has 48 heavy (non-hydrogen) atoms. The Balaban J connectivity index is 0.000000246. The number of rotatable bonds is 8. The van der Waals surface area contributed by atoms with Gasteiger partial charge in [-0.25, -0.2) is 14.2 Å². The van der Waals surface area contributed by atoms with Crippen molar-refractivity contribution >= 4 is 34.9 Å². The molecule has 0 spiro atoms. The number of aliphatic hydroxyl groups is 1. The number of nitrogens with zero attached hydrogens (tertiary/aromatic N) is 2. The summed E-state index contributed by atoms with van der Waals surface area (Å²) >= 11 is 0. The van der Waals surface area contributed by atoms with Crippen LogP contribution < -0.4 is 16.6 Å². The van der Waals surface area contributed by atoms with Gasteiger partial charge in [-0.05, 0) is 66.6 Å². The largest absolute Gasteiger partial charge is 0.445 e. The van der Waals surface area contributed by atoms with Gasteiger partial charge in [-0.2, -0.15) is 0 Å². The van der Waals surface area contributed by atoms with Gasteiger partial charge in [0.25, 0.3) is 5.56 Å². The minimum atomic E-state index is -1.43. The van der Waals surface area contributed by atoms with Crippen LogP contribution in [0.5, 0.6) is 0 Å². The predicted octanol–water partition coefficient (Wildman–Crippen LogP) is 5.40. The number of aryl methyl sites for hydroxylation is 2. The summed E-state index contributed by atoms with van der Waals surface area (Å²) in [6, 6.07) is 10.1. The quantitative estimate of drug-likeness (QED) is 0.187. The molecule has 2 amide bonds. The molecule has 2 aliphatic rings. The van der Waals surface area contributed by atoms with E-state index in [4.69, 9.17) is 15.5 Å². The Hall–Kier alpha value is -4.94. The van der Waals surface area contributed by atoms with E-state index in [2.05, 4.69) is 10.1 Å². The lowest BCUT2D eigenvalue weighted by Gasteiger charge is -2.21. The first-order valence-electron chi connectivity index (χ1n) is 15.9. The fourth-order valence-electron chi connectivity index (χ4n) is 6.04. The molecule has 1 unspecified atom stereocenters. The molecule has 1 aliphatic heterocycles. The molecule has 12 heteroatoms. The van der Waals surface area contributed by atoms with Crippen molar-refractivity contribution in [1.82, 2.24) is 9.55 Å². The van der Waals surface area contributed by atoms with Gasteiger partial charge in [0.1, 0.15) is 18.5 Å². The number of hydrogen-bond donors (Lipinski definition) is 3. The van der Waals surface area contributed by atoms with E-state index in [9.17, 15) is 28.7 Å². The minimum absolute atomic E-state index is 0.00743. The molecule has 0 bridgehead atoms. The van der Waals surface area contributed by atoms with Gasteiger partial charge in [0, 0.05) is 47.4 Å². The Morgan fingerprint density at radius 3 is 2.44 bits per heavy atom. The Labute approximate surface area is 277 Å². The Bertz CT molecular complexity index is 1900. The van der Waals surface area contributed by atoms with Crippen molar-refractivity contribution in [2.24, 2.45) is 5.73 Å². The molecule has 0 saturated carbocycles. The summed E-state index contributed by atoms with van der Waals surface area (Å²) in [4.78, 5) is 50.7. The predicted molar refractivity (Wildman–Crippen MR) is 180 cm³/mol. The SMILES string of the molecule is CC.CCC(=O)Nc1ccc(COC(N)=O)cc1.COCc1c(C(O)C=O)cc2n(c1=O)Cc1c-2nc2cc(F)c(C)c3c2c1CCC3. The molecule has 4 N–H and O–H groups in total. The van der Waals surface area contributed by atoms with Crippen LogP contribution in [0.2, 0.25) is 0 Å². The number of halogens is 1. The molecule has 11 nitrogen and oxygen atoms in total. The van der Waals surface area contributed by atoms with Crippen LogP contribution in [0.4, 0.5) is 14.9 Å². The van der Waals surface area contributed by atoms with Crippen LogP contribution >= 0.6 is 0 Å². The number of ether oxygens (including phenoxy) is 2. The third-order valence-corrected chi connectivity index (χ3v) is 8.34. The maximum Gasteiger partial charge on any atom is 0.404 e. The zero-order valence-corrected chi connectivity index (χ0v) is 27.8. The number of benzene rings is 2. The van der Waals surface area contributed by atoms with Crippen molar-refractivity contribution in [2.45, 2.75) is 79.2 Å². The number of amides is 2. The number of carbonyl (C=O) groups excluding carboxylic acids is 3. The van der Waals surface area contributed by atoms with Gasteiger partial charge >= 0.3 is 6.09 Å². The molecular formula is C36H41FN4O7. The summed E-state index contributed by atoms with van der Waals surface area (Å²) in [7, 11) is 1.46. The number of anilines is 1. The van der Waals surface area contributed by atoms with Crippen molar-refractivity contribution < 1.29 is 33.4 Å². The van der Waals surface area contributed by atoms with Gasteiger partial charge < -0.3 is 35.0 Å². The van der Waals surface area contributed by atoms with Gasteiger partial charge in [-0.15, -0.1) is 0 Å². The maximum atomic E-state index is 14.5. The summed E-state index contributed by atoms with van der Waals surface area (Å²) in [6.45, 7) is 8.08. The summed E-state index contributed by atoms with van der Waals surface area (Å²) in [5.41, 5.74) is 12.0. The Kier molecular flexibility index (Phi) is 11.8. The summed E-state index contributed by atoms with van der Waals surface area (Å²) < 4.78 is 25.9. The maximum absolute atomic E-state index is 14.5. The number of carbonyl (C=O) groups is 3. The minimum Gasteiger partial charge on any atom is -0.445 e. The number of aliphatic hydroxyl groups excluding tert-OH is 1. The summed E-state index contributed by atoms with van der Waals surface area (Å²) in [6.07, 6.45) is 1.17. The van der Waals surface area contributed by atoms with E-state index in [0.717, 1.165) is 52.6 Å². The second-order valence-electron chi connectivity index (χ2n) is 11.2. The molecule has 2 aromatic carbocycles. The highest BCUT2D eigenvalue weighted by atomic mass is 19.1. The van der Waals surface area contributed by atoms with Crippen LogP contribution in [0, 0.1) is 12.7 Å². The van der Waals surface area contributed by atoms with Crippen LogP contribution in [0.1, 0.15) is 78.7 Å². The number of pyridine rings is 2. The third-order valence-electron chi connectivity index (χ3n) is 8.34. The van der Waals surface area contributed by atoms with Crippen molar-refractivity contribution in [3.63, 3.8) is 0 Å². The standard InChI is InChI=1S/C23H21FN2O4.C11H14N2O3.C2H6/c1-11-12-4-3-5-13-15-8-26-19(22(15)25-18(21(12)13)7-17(11)24)6-14(20(28)9-27)16(10-30-2)23(26)29;1-2-10(14)13-9-5-3-8(4-6-9)7-16-11(12)15;1-2/h6-7,9,20,28H,3-5,8,10H2,1-2H3;3-6H,2,7H2,1H3,(H2,12,15)(H,13,14);1-2H3. The first kappa shape index (κ1) is 35.9. The normalized spacial score (nSPS) is 12.8. The molecule has 6 rings (SSSR count). The highest BCUT2D eigenvalue weighted by Gasteiger charge is 2.31. The van der Waals surface area contributed by atoms with Gasteiger partial charge in [-0.3, -0.25) is 9.59 Å². The molecule has 1 atom stereocenters. The molecule has 0 fully saturated rings. The highest BCUT2D eigenvalue weighted by Crippen LogP contribution is 2.41. The van der Waals surface area contributed by atoms with Crippen LogP contribution in [0.3, 0.4) is 0 Å². The van der Waals surface area contributed by atoms with E-state index in [1.54, 1.807) is 48.7 Å². The lowest BCUT2D eigenvalue weighted by atomic mass is 9.85. The van der Waals surface area contributed by atoms with E-state index in [0.29, 0.717) is 41.7 Å². The Morgan fingerprint density at radius 1 is 1.12 bits per heavy atom. The van der Waals surface area contributed by atoms with E-state index in [-0.39, 0.29) is 41.6 Å². The molecule has 0 radical (unpaired) electrons. The average molecular weight is 661 g/mol. The fraction of sp³-hybridized carbons (Fsp3) is 0.361. The lowest BCUT2D eigenvalue weighted by molar-refractivity contribution is -0.116. The number of methoxy groups -OCH3 is 1. The van der Waals surface area contributed by atoms with Crippen molar-refractivity contribution in [2.75, 3.05) is 12.4 Å². The molecular weight excluding hydrogens is 619 g/mol. The zero-order valence-electron chi connectivity index (χ0n) is 27.8. The molecule has 4 aromatic rings. The second-order valence-corrected chi connectivity index (χ2v) is 11.2. The van der Waals surface area contributed by atoms with Crippen LogP contribution in [-0.2, 0) is 51.7 Å². The number of fused-ring (bicyclic) bond motifs is 4. The smallest absolute Gasteiger partial charge is 0.404 e. The van der Waals surface area contributed by atoms with Crippen LogP contribution in [0.25, 0.3) is 22.3 Å². The van der Waals surface area contributed by atoms with E-state index in [1.807, 2.05) is 13.8 Å². The number of hydrogen-bond acceptors (Lipinski definition) is 8. The number of primary amides is 1. The van der Waals surface area contributed by atoms with E-state index >= 15 is 0 Å². The van der Waals surface area contributed by atoms with Crippen LogP contribution in [-0.4, -0.2) is 40.1 Å². The number of aldehydes is 1. The molecule has 2 aromatic heterocycles. The van der Waals surface area contributed by atoms with Gasteiger partial charge in [0.2, 0.25) is 5.91 Å². The number of nitrogens with one attached hydrogen (secondary N) is 1. The molecule has 254 valence electrons. The molecule has 3 heterocycles. The Morgan fingerprint density at radius 2 is 1.81 bits per heavy atom. The van der Waals surface area contributed by atoms with Gasteiger partial charge in [0.05, 0.1) is 30.1 Å².